The summed E-state index contributed by atoms with van der Waals surface area (Å²) in [7, 11) is 0. The third kappa shape index (κ3) is 3.70. The fourth-order valence-electron chi connectivity index (χ4n) is 1.29. The largest absolute Gasteiger partial charge is 0.312 e. The van der Waals surface area contributed by atoms with Crippen molar-refractivity contribution in [2.45, 2.75) is 19.9 Å². The van der Waals surface area contributed by atoms with Crippen molar-refractivity contribution in [3.05, 3.63) is 47.3 Å². The quantitative estimate of drug-likeness (QED) is 0.464. The van der Waals surface area contributed by atoms with Gasteiger partial charge in [0.25, 0.3) is 0 Å². The van der Waals surface area contributed by atoms with E-state index >= 15 is 0 Å². The lowest BCUT2D eigenvalue weighted by atomic mass is 10.2. The van der Waals surface area contributed by atoms with E-state index in [9.17, 15) is 13.2 Å². The Morgan fingerprint density at radius 2 is 1.81 bits per heavy atom. The summed E-state index contributed by atoms with van der Waals surface area (Å²) in [5.41, 5.74) is 0.400. The van der Waals surface area contributed by atoms with Crippen LogP contribution < -0.4 is 5.32 Å². The molecule has 0 amide bonds. The van der Waals surface area contributed by atoms with Crippen LogP contribution >= 0.6 is 0 Å². The van der Waals surface area contributed by atoms with Gasteiger partial charge in [-0.1, -0.05) is 12.2 Å². The number of benzene rings is 1. The number of halogens is 3. The highest BCUT2D eigenvalue weighted by Crippen LogP contribution is 2.13. The Balaban J connectivity index is 2.48. The van der Waals surface area contributed by atoms with Crippen molar-refractivity contribution in [1.82, 2.24) is 5.32 Å². The van der Waals surface area contributed by atoms with E-state index in [2.05, 4.69) is 5.32 Å². The molecule has 0 spiro atoms. The van der Waals surface area contributed by atoms with Crippen LogP contribution in [-0.4, -0.2) is 6.54 Å². The van der Waals surface area contributed by atoms with Crippen molar-refractivity contribution in [2.75, 3.05) is 6.54 Å². The second-order valence-electron chi connectivity index (χ2n) is 3.41. The van der Waals surface area contributed by atoms with Crippen molar-refractivity contribution in [3.8, 4) is 0 Å². The molecule has 1 aromatic carbocycles. The topological polar surface area (TPSA) is 12.0 Å². The highest BCUT2D eigenvalue weighted by atomic mass is 19.2. The molecule has 0 saturated heterocycles. The molecule has 0 aliphatic rings. The van der Waals surface area contributed by atoms with Gasteiger partial charge in [-0.15, -0.1) is 0 Å². The minimum atomic E-state index is -1.42. The molecule has 1 aromatic rings. The van der Waals surface area contributed by atoms with Gasteiger partial charge in [0.05, 0.1) is 0 Å². The second-order valence-corrected chi connectivity index (χ2v) is 3.41. The van der Waals surface area contributed by atoms with Crippen molar-refractivity contribution in [3.63, 3.8) is 0 Å². The van der Waals surface area contributed by atoms with Crippen molar-refractivity contribution in [1.29, 1.82) is 0 Å². The number of hydrogen-bond acceptors (Lipinski definition) is 1. The molecular formula is C12H14F3N. The molecule has 1 nitrogen and oxygen atoms in total. The summed E-state index contributed by atoms with van der Waals surface area (Å²) >= 11 is 0. The Morgan fingerprint density at radius 3 is 2.38 bits per heavy atom. The van der Waals surface area contributed by atoms with Gasteiger partial charge in [-0.05, 0) is 37.6 Å². The first kappa shape index (κ1) is 12.8. The molecule has 0 aromatic heterocycles. The van der Waals surface area contributed by atoms with E-state index in [4.69, 9.17) is 0 Å². The van der Waals surface area contributed by atoms with Crippen LogP contribution in [0.3, 0.4) is 0 Å². The summed E-state index contributed by atoms with van der Waals surface area (Å²) in [6, 6.07) is 2.00. The predicted molar refractivity (Wildman–Crippen MR) is 57.5 cm³/mol. The van der Waals surface area contributed by atoms with E-state index in [1.54, 1.807) is 0 Å². The molecule has 4 heteroatoms. The van der Waals surface area contributed by atoms with Gasteiger partial charge in [0.1, 0.15) is 0 Å². The Hall–Kier alpha value is -1.29. The second kappa shape index (κ2) is 6.33. The number of rotatable bonds is 5. The highest BCUT2D eigenvalue weighted by molar-refractivity contribution is 5.19. The van der Waals surface area contributed by atoms with Crippen LogP contribution in [0.5, 0.6) is 0 Å². The van der Waals surface area contributed by atoms with Gasteiger partial charge >= 0.3 is 0 Å². The van der Waals surface area contributed by atoms with Gasteiger partial charge in [-0.25, -0.2) is 13.2 Å². The van der Waals surface area contributed by atoms with Crippen molar-refractivity contribution < 1.29 is 13.2 Å². The zero-order valence-corrected chi connectivity index (χ0v) is 9.06. The summed E-state index contributed by atoms with van der Waals surface area (Å²) in [6.07, 6.45) is 4.76. The summed E-state index contributed by atoms with van der Waals surface area (Å²) in [6.45, 7) is 2.96. The summed E-state index contributed by atoms with van der Waals surface area (Å²) < 4.78 is 38.3. The maximum atomic E-state index is 12.8. The van der Waals surface area contributed by atoms with Crippen LogP contribution in [0.4, 0.5) is 13.2 Å². The van der Waals surface area contributed by atoms with Gasteiger partial charge in [0.2, 0.25) is 0 Å². The van der Waals surface area contributed by atoms with Crippen LogP contribution in [0.2, 0.25) is 0 Å². The first-order valence-electron chi connectivity index (χ1n) is 5.10. The molecule has 0 heterocycles. The SMILES string of the molecule is C/C=C/CCNCc1cc(F)c(F)c(F)c1. The Bertz CT molecular complexity index is 352. The lowest BCUT2D eigenvalue weighted by Crippen LogP contribution is -2.14. The molecule has 0 aliphatic carbocycles. The fraction of sp³-hybridized carbons (Fsp3) is 0.333. The van der Waals surface area contributed by atoms with E-state index in [1.807, 2.05) is 19.1 Å². The zero-order valence-electron chi connectivity index (χ0n) is 9.06. The molecular weight excluding hydrogens is 215 g/mol. The molecule has 0 aliphatic heterocycles. The third-order valence-corrected chi connectivity index (χ3v) is 2.10. The summed E-state index contributed by atoms with van der Waals surface area (Å²) in [5, 5.41) is 3.00. The molecule has 16 heavy (non-hydrogen) atoms. The van der Waals surface area contributed by atoms with E-state index in [-0.39, 0.29) is 0 Å². The number of allylic oxidation sites excluding steroid dienone is 1. The maximum absolute atomic E-state index is 12.8. The summed E-state index contributed by atoms with van der Waals surface area (Å²) in [4.78, 5) is 0. The lowest BCUT2D eigenvalue weighted by molar-refractivity contribution is 0.444. The lowest BCUT2D eigenvalue weighted by Gasteiger charge is -2.04. The monoisotopic (exact) mass is 229 g/mol. The van der Waals surface area contributed by atoms with Crippen molar-refractivity contribution in [2.24, 2.45) is 0 Å². The van der Waals surface area contributed by atoms with Crippen LogP contribution in [0, 0.1) is 17.5 Å². The Kier molecular flexibility index (Phi) is 5.05. The van der Waals surface area contributed by atoms with Crippen LogP contribution in [-0.2, 0) is 6.54 Å². The highest BCUT2D eigenvalue weighted by Gasteiger charge is 2.09. The maximum Gasteiger partial charge on any atom is 0.194 e. The predicted octanol–water partition coefficient (Wildman–Crippen LogP) is 3.16. The van der Waals surface area contributed by atoms with Gasteiger partial charge in [-0.2, -0.15) is 0 Å². The molecule has 1 rings (SSSR count). The molecule has 0 saturated carbocycles. The number of hydrogen-bond donors (Lipinski definition) is 1. The Labute approximate surface area is 93.0 Å². The minimum Gasteiger partial charge on any atom is -0.312 e. The standard InChI is InChI=1S/C12H14F3N/c1-2-3-4-5-16-8-9-6-10(13)12(15)11(14)7-9/h2-3,6-7,16H,4-5,8H2,1H3/b3-2+. The Morgan fingerprint density at radius 1 is 1.19 bits per heavy atom. The molecule has 1 N–H and O–H groups in total. The molecule has 0 fully saturated rings. The molecule has 0 unspecified atom stereocenters. The van der Waals surface area contributed by atoms with Crippen LogP contribution in [0.25, 0.3) is 0 Å². The first-order chi connectivity index (χ1) is 7.65. The zero-order chi connectivity index (χ0) is 12.0. The van der Waals surface area contributed by atoms with E-state index in [0.29, 0.717) is 18.7 Å². The average molecular weight is 229 g/mol. The van der Waals surface area contributed by atoms with Gasteiger partial charge in [-0.3, -0.25) is 0 Å². The molecule has 0 atom stereocenters. The fourth-order valence-corrected chi connectivity index (χ4v) is 1.29. The normalized spacial score (nSPS) is 11.2. The number of nitrogens with one attached hydrogen (secondary N) is 1. The van der Waals surface area contributed by atoms with Crippen LogP contribution in [0.15, 0.2) is 24.3 Å². The smallest absolute Gasteiger partial charge is 0.194 e. The molecule has 0 bridgehead atoms. The molecule has 88 valence electrons. The van der Waals surface area contributed by atoms with E-state index in [1.165, 1.54) is 0 Å². The van der Waals surface area contributed by atoms with E-state index < -0.39 is 17.5 Å². The van der Waals surface area contributed by atoms with Crippen molar-refractivity contribution >= 4 is 0 Å². The third-order valence-electron chi connectivity index (χ3n) is 2.10. The van der Waals surface area contributed by atoms with E-state index in [0.717, 1.165) is 18.6 Å². The molecule has 0 radical (unpaired) electrons. The van der Waals surface area contributed by atoms with Gasteiger partial charge in [0, 0.05) is 6.54 Å². The van der Waals surface area contributed by atoms with Gasteiger partial charge < -0.3 is 5.32 Å². The minimum absolute atomic E-state index is 0.325. The first-order valence-corrected chi connectivity index (χ1v) is 5.10. The summed E-state index contributed by atoms with van der Waals surface area (Å²) in [5.74, 6) is -3.71. The van der Waals surface area contributed by atoms with Crippen LogP contribution in [0.1, 0.15) is 18.9 Å². The average Bonchev–Trinajstić information content (AvgIpc) is 2.25. The van der Waals surface area contributed by atoms with Gasteiger partial charge in [0.15, 0.2) is 17.5 Å².